The Labute approximate surface area is 134 Å². The molecule has 0 aliphatic rings. The number of nitrogens with zero attached hydrogens (tertiary/aromatic N) is 1. The minimum atomic E-state index is -0.507. The van der Waals surface area contributed by atoms with E-state index >= 15 is 0 Å². The molecule has 0 aromatic heterocycles. The van der Waals surface area contributed by atoms with Crippen molar-refractivity contribution < 1.29 is 9.72 Å². The van der Waals surface area contributed by atoms with Gasteiger partial charge in [-0.05, 0) is 46.6 Å². The van der Waals surface area contributed by atoms with E-state index in [4.69, 9.17) is 11.6 Å². The number of nitro benzene ring substituents is 1. The highest BCUT2D eigenvalue weighted by Gasteiger charge is 2.14. The van der Waals surface area contributed by atoms with Gasteiger partial charge in [-0.2, -0.15) is 0 Å². The molecule has 7 heteroatoms. The molecule has 2 rings (SSSR count). The van der Waals surface area contributed by atoms with Crippen molar-refractivity contribution in [3.05, 3.63) is 67.1 Å². The lowest BCUT2D eigenvalue weighted by Gasteiger charge is -2.09. The quantitative estimate of drug-likeness (QED) is 0.636. The second kappa shape index (κ2) is 6.24. The van der Waals surface area contributed by atoms with Crippen LogP contribution in [0.25, 0.3) is 0 Å². The highest BCUT2D eigenvalue weighted by molar-refractivity contribution is 9.10. The molecule has 0 bridgehead atoms. The molecule has 0 atom stereocenters. The van der Waals surface area contributed by atoms with Crippen molar-refractivity contribution in [2.75, 3.05) is 5.32 Å². The average Bonchev–Trinajstić information content (AvgIpc) is 2.40. The number of rotatable bonds is 3. The average molecular weight is 370 g/mol. The third-order valence-electron chi connectivity index (χ3n) is 2.86. The number of nitro groups is 1. The van der Waals surface area contributed by atoms with E-state index < -0.39 is 4.92 Å². The first kappa shape index (κ1) is 15.5. The highest BCUT2D eigenvalue weighted by Crippen LogP contribution is 2.25. The number of carbonyl (C=O) groups excluding carboxylic acids is 1. The Bertz CT molecular complexity index is 734. The van der Waals surface area contributed by atoms with Crippen molar-refractivity contribution in [3.63, 3.8) is 0 Å². The fourth-order valence-corrected chi connectivity index (χ4v) is 2.58. The molecule has 1 N–H and O–H groups in total. The Morgan fingerprint density at radius 3 is 2.62 bits per heavy atom. The molecule has 0 radical (unpaired) electrons. The minimum Gasteiger partial charge on any atom is -0.321 e. The summed E-state index contributed by atoms with van der Waals surface area (Å²) in [5, 5.41) is 14.0. The van der Waals surface area contributed by atoms with Gasteiger partial charge in [-0.15, -0.1) is 0 Å². The van der Waals surface area contributed by atoms with Gasteiger partial charge in [0.2, 0.25) is 0 Å². The first-order valence-electron chi connectivity index (χ1n) is 5.90. The van der Waals surface area contributed by atoms with Crippen LogP contribution in [0.5, 0.6) is 0 Å². The van der Waals surface area contributed by atoms with Gasteiger partial charge in [0.1, 0.15) is 0 Å². The Morgan fingerprint density at radius 1 is 1.29 bits per heavy atom. The molecule has 0 aliphatic heterocycles. The number of amides is 1. The van der Waals surface area contributed by atoms with Crippen molar-refractivity contribution in [1.82, 2.24) is 0 Å². The molecule has 108 valence electrons. The lowest BCUT2D eigenvalue weighted by Crippen LogP contribution is -2.13. The van der Waals surface area contributed by atoms with E-state index in [9.17, 15) is 14.9 Å². The van der Waals surface area contributed by atoms with E-state index in [1.54, 1.807) is 31.2 Å². The maximum absolute atomic E-state index is 12.2. The summed E-state index contributed by atoms with van der Waals surface area (Å²) in [6.45, 7) is 1.76. The number of hydrogen-bond acceptors (Lipinski definition) is 3. The molecular formula is C14H10BrClN2O3. The zero-order valence-electron chi connectivity index (χ0n) is 10.9. The summed E-state index contributed by atoms with van der Waals surface area (Å²) in [6, 6.07) is 9.09. The van der Waals surface area contributed by atoms with Gasteiger partial charge >= 0.3 is 0 Å². The van der Waals surface area contributed by atoms with Crippen molar-refractivity contribution in [3.8, 4) is 0 Å². The lowest BCUT2D eigenvalue weighted by molar-refractivity contribution is -0.384. The molecule has 0 aliphatic carbocycles. The van der Waals surface area contributed by atoms with E-state index in [2.05, 4.69) is 21.2 Å². The zero-order chi connectivity index (χ0) is 15.6. The number of carbonyl (C=O) groups is 1. The van der Waals surface area contributed by atoms with E-state index in [0.29, 0.717) is 20.7 Å². The van der Waals surface area contributed by atoms with Gasteiger partial charge in [-0.3, -0.25) is 14.9 Å². The van der Waals surface area contributed by atoms with Crippen LogP contribution in [0.2, 0.25) is 5.02 Å². The van der Waals surface area contributed by atoms with Gasteiger partial charge in [-0.25, -0.2) is 0 Å². The van der Waals surface area contributed by atoms with Crippen LogP contribution in [0, 0.1) is 17.0 Å². The predicted octanol–water partition coefficient (Wildman–Crippen LogP) is 4.57. The van der Waals surface area contributed by atoms with Crippen LogP contribution in [0.1, 0.15) is 15.9 Å². The Balaban J connectivity index is 2.31. The molecule has 5 nitrogen and oxygen atoms in total. The van der Waals surface area contributed by atoms with Crippen LogP contribution in [0.4, 0.5) is 11.4 Å². The van der Waals surface area contributed by atoms with Gasteiger partial charge in [-0.1, -0.05) is 17.7 Å². The molecule has 0 spiro atoms. The van der Waals surface area contributed by atoms with Crippen molar-refractivity contribution in [2.24, 2.45) is 0 Å². The van der Waals surface area contributed by atoms with Crippen molar-refractivity contribution >= 4 is 44.8 Å². The predicted molar refractivity (Wildman–Crippen MR) is 84.9 cm³/mol. The summed E-state index contributed by atoms with van der Waals surface area (Å²) < 4.78 is 0.551. The van der Waals surface area contributed by atoms with Crippen molar-refractivity contribution in [2.45, 2.75) is 6.92 Å². The molecule has 2 aromatic rings. The Hall–Kier alpha value is -1.92. The number of hydrogen-bond donors (Lipinski definition) is 1. The van der Waals surface area contributed by atoms with Crippen LogP contribution in [-0.4, -0.2) is 10.8 Å². The normalized spacial score (nSPS) is 10.2. The summed E-state index contributed by atoms with van der Waals surface area (Å²) in [5.41, 5.74) is 1.45. The first-order chi connectivity index (χ1) is 9.88. The Morgan fingerprint density at radius 2 is 2.00 bits per heavy atom. The highest BCUT2D eigenvalue weighted by atomic mass is 79.9. The largest absolute Gasteiger partial charge is 0.321 e. The van der Waals surface area contributed by atoms with Gasteiger partial charge in [0.15, 0.2) is 0 Å². The lowest BCUT2D eigenvalue weighted by atomic mass is 10.1. The summed E-state index contributed by atoms with van der Waals surface area (Å²) in [7, 11) is 0. The number of benzene rings is 2. The maximum atomic E-state index is 12.2. The smallest absolute Gasteiger partial charge is 0.271 e. The SMILES string of the molecule is Cc1ccc([N+](=O)[O-])cc1NC(=O)c1ccc(Cl)cc1Br. The van der Waals surface area contributed by atoms with Gasteiger partial charge in [0.05, 0.1) is 16.2 Å². The molecule has 2 aromatic carbocycles. The summed E-state index contributed by atoms with van der Waals surface area (Å²) >= 11 is 9.09. The molecule has 0 saturated carbocycles. The standard InChI is InChI=1S/C14H10BrClN2O3/c1-8-2-4-10(18(20)21)7-13(8)17-14(19)11-5-3-9(16)6-12(11)15/h2-7H,1H3,(H,17,19). The van der Waals surface area contributed by atoms with Crippen LogP contribution < -0.4 is 5.32 Å². The van der Waals surface area contributed by atoms with E-state index in [1.165, 1.54) is 12.1 Å². The molecule has 0 heterocycles. The summed E-state index contributed by atoms with van der Waals surface area (Å²) in [5.74, 6) is -0.373. The molecule has 0 unspecified atom stereocenters. The van der Waals surface area contributed by atoms with Crippen LogP contribution >= 0.6 is 27.5 Å². The van der Waals surface area contributed by atoms with Crippen molar-refractivity contribution in [1.29, 1.82) is 0 Å². The van der Waals surface area contributed by atoms with Crippen LogP contribution in [0.3, 0.4) is 0 Å². The van der Waals surface area contributed by atoms with E-state index in [0.717, 1.165) is 5.56 Å². The second-order valence-electron chi connectivity index (χ2n) is 4.33. The molecule has 21 heavy (non-hydrogen) atoms. The first-order valence-corrected chi connectivity index (χ1v) is 7.07. The summed E-state index contributed by atoms with van der Waals surface area (Å²) in [6.07, 6.45) is 0. The Kier molecular flexibility index (Phi) is 4.59. The molecular weight excluding hydrogens is 360 g/mol. The minimum absolute atomic E-state index is 0.0777. The monoisotopic (exact) mass is 368 g/mol. The second-order valence-corrected chi connectivity index (χ2v) is 5.63. The number of halogens is 2. The van der Waals surface area contributed by atoms with Crippen LogP contribution in [0.15, 0.2) is 40.9 Å². The third-order valence-corrected chi connectivity index (χ3v) is 3.75. The fraction of sp³-hybridized carbons (Fsp3) is 0.0714. The third kappa shape index (κ3) is 3.59. The van der Waals surface area contributed by atoms with Gasteiger partial charge in [0, 0.05) is 21.6 Å². The summed E-state index contributed by atoms with van der Waals surface area (Å²) in [4.78, 5) is 22.5. The topological polar surface area (TPSA) is 72.2 Å². The number of anilines is 1. The van der Waals surface area contributed by atoms with Gasteiger partial charge in [0.25, 0.3) is 11.6 Å². The molecule has 0 fully saturated rings. The van der Waals surface area contributed by atoms with Gasteiger partial charge < -0.3 is 5.32 Å². The van der Waals surface area contributed by atoms with E-state index in [-0.39, 0.29) is 11.6 Å². The van der Waals surface area contributed by atoms with E-state index in [1.807, 2.05) is 0 Å². The number of nitrogens with one attached hydrogen (secondary N) is 1. The molecule has 0 saturated heterocycles. The molecule has 1 amide bonds. The number of non-ortho nitro benzene ring substituents is 1. The van der Waals surface area contributed by atoms with Crippen LogP contribution in [-0.2, 0) is 0 Å². The maximum Gasteiger partial charge on any atom is 0.271 e. The zero-order valence-corrected chi connectivity index (χ0v) is 13.2. The number of aryl methyl sites for hydroxylation is 1. The fourth-order valence-electron chi connectivity index (χ4n) is 1.72.